The van der Waals surface area contributed by atoms with E-state index in [1.54, 1.807) is 0 Å². The number of hydrogen-bond acceptors (Lipinski definition) is 12. The first kappa shape index (κ1) is 42.0. The first-order chi connectivity index (χ1) is 26.1. The molecule has 0 radical (unpaired) electrons. The molecule has 0 aliphatic heterocycles. The molecular formula is C26H10Cl6F8N12O4. The van der Waals surface area contributed by atoms with Crippen LogP contribution >= 0.6 is 69.6 Å². The third-order valence-electron chi connectivity index (χ3n) is 6.79. The molecule has 0 amide bonds. The van der Waals surface area contributed by atoms with E-state index < -0.39 is 52.2 Å². The van der Waals surface area contributed by atoms with Gasteiger partial charge in [-0.15, -0.1) is 20.4 Å². The summed E-state index contributed by atoms with van der Waals surface area (Å²) in [6, 6.07) is 5.85. The summed E-state index contributed by atoms with van der Waals surface area (Å²) in [5, 5.41) is 63.8. The highest BCUT2D eigenvalue weighted by Gasteiger charge is 2.41. The van der Waals surface area contributed by atoms with E-state index in [1.807, 2.05) is 0 Å². The monoisotopic (exact) mass is 916 g/mol. The summed E-state index contributed by atoms with van der Waals surface area (Å²) in [7, 11) is 0. The second-order valence-electron chi connectivity index (χ2n) is 10.2. The van der Waals surface area contributed by atoms with Crippen molar-refractivity contribution in [2.75, 3.05) is 0 Å². The number of fused-ring (bicyclic) bond motifs is 4. The third kappa shape index (κ3) is 8.06. The number of aromatic nitrogens is 12. The largest absolute Gasteiger partial charge is 0.423 e. The van der Waals surface area contributed by atoms with Crippen LogP contribution in [0.1, 0.15) is 11.7 Å². The first-order valence-corrected chi connectivity index (χ1v) is 16.1. The number of hydrogen-bond donors (Lipinski definition) is 4. The van der Waals surface area contributed by atoms with Crippen LogP contribution in [0.15, 0.2) is 30.3 Å². The maximum atomic E-state index is 13.0. The molecule has 1 unspecified atom stereocenters. The molecular weight excluding hydrogens is 909 g/mol. The Hall–Kier alpha value is -5.14. The summed E-state index contributed by atoms with van der Waals surface area (Å²) >= 11 is 34.6. The van der Waals surface area contributed by atoms with Crippen LogP contribution in [0.25, 0.3) is 44.1 Å². The van der Waals surface area contributed by atoms with Gasteiger partial charge in [-0.05, 0) is 50.7 Å². The van der Waals surface area contributed by atoms with Gasteiger partial charge in [0.2, 0.25) is 6.17 Å². The Morgan fingerprint density at radius 2 is 1.04 bits per heavy atom. The molecule has 0 fully saturated rings. The molecule has 30 heteroatoms. The topological polar surface area (TPSA) is 204 Å². The molecule has 56 heavy (non-hydrogen) atoms. The van der Waals surface area contributed by atoms with E-state index in [2.05, 4.69) is 41.2 Å². The van der Waals surface area contributed by atoms with Crippen LogP contribution in [-0.4, -0.2) is 87.6 Å². The van der Waals surface area contributed by atoms with E-state index in [9.17, 15) is 40.3 Å². The molecule has 1 atom stereocenters. The van der Waals surface area contributed by atoms with Crippen molar-refractivity contribution in [3.8, 4) is 0 Å². The van der Waals surface area contributed by atoms with E-state index in [1.165, 1.54) is 12.1 Å². The smallest absolute Gasteiger partial charge is 0.410 e. The molecule has 4 aromatic heterocycles. The maximum absolute atomic E-state index is 13.0. The lowest BCUT2D eigenvalue weighted by Gasteiger charge is -2.12. The molecule has 4 N–H and O–H groups in total. The fourth-order valence-corrected chi connectivity index (χ4v) is 5.56. The molecule has 16 nitrogen and oxygen atoms in total. The predicted molar refractivity (Wildman–Crippen MR) is 179 cm³/mol. The van der Waals surface area contributed by atoms with Gasteiger partial charge in [0.05, 0.1) is 30.1 Å². The van der Waals surface area contributed by atoms with Crippen LogP contribution in [0.5, 0.6) is 0 Å². The Morgan fingerprint density at radius 1 is 0.518 bits per heavy atom. The normalized spacial score (nSPS) is 12.0. The van der Waals surface area contributed by atoms with Gasteiger partial charge in [-0.25, -0.2) is 22.0 Å². The summed E-state index contributed by atoms with van der Waals surface area (Å²) in [5.41, 5.74) is -1.15. The molecule has 8 aromatic rings. The number of halogens is 14. The number of alkyl halides is 4. The average molecular weight is 919 g/mol. The lowest BCUT2D eigenvalue weighted by molar-refractivity contribution is -0.182. The Balaban J connectivity index is 0.000000143. The zero-order chi connectivity index (χ0) is 41.5. The molecule has 0 saturated carbocycles. The van der Waals surface area contributed by atoms with Crippen LogP contribution in [-0.2, 0) is 0 Å². The quantitative estimate of drug-likeness (QED) is 0.0529. The van der Waals surface area contributed by atoms with Crippen LogP contribution in [0.4, 0.5) is 35.1 Å². The van der Waals surface area contributed by atoms with Crippen molar-refractivity contribution in [2.24, 2.45) is 0 Å². The van der Waals surface area contributed by atoms with Crippen LogP contribution < -0.4 is 0 Å². The third-order valence-corrected chi connectivity index (χ3v) is 9.11. The van der Waals surface area contributed by atoms with Gasteiger partial charge in [0.15, 0.2) is 39.8 Å². The van der Waals surface area contributed by atoms with Gasteiger partial charge in [0.1, 0.15) is 27.6 Å². The molecule has 296 valence electrons. The number of rotatable bonds is 1. The van der Waals surface area contributed by atoms with E-state index >= 15 is 0 Å². The average Bonchev–Trinajstić information content (AvgIpc) is 3.94. The van der Waals surface area contributed by atoms with E-state index in [0.29, 0.717) is 36.1 Å². The zero-order valence-electron chi connectivity index (χ0n) is 25.9. The lowest BCUT2D eigenvalue weighted by atomic mass is 10.1. The maximum Gasteiger partial charge on any atom is 0.423 e. The Labute approximate surface area is 330 Å². The highest BCUT2D eigenvalue weighted by Crippen LogP contribution is 2.37. The van der Waals surface area contributed by atoms with Crippen molar-refractivity contribution in [2.45, 2.75) is 12.3 Å². The second kappa shape index (κ2) is 16.1. The van der Waals surface area contributed by atoms with Gasteiger partial charge in [-0.2, -0.15) is 13.2 Å². The minimum absolute atomic E-state index is 0.0793. The molecule has 0 saturated heterocycles. The van der Waals surface area contributed by atoms with Crippen molar-refractivity contribution >= 4 is 114 Å². The van der Waals surface area contributed by atoms with Gasteiger partial charge in [0, 0.05) is 0 Å². The van der Waals surface area contributed by atoms with Crippen molar-refractivity contribution in [3.05, 3.63) is 89.3 Å². The zero-order valence-corrected chi connectivity index (χ0v) is 30.4. The summed E-state index contributed by atoms with van der Waals surface area (Å²) in [4.78, 5) is 1.25. The molecule has 0 aliphatic rings. The van der Waals surface area contributed by atoms with E-state index in [-0.39, 0.29) is 46.5 Å². The van der Waals surface area contributed by atoms with Crippen molar-refractivity contribution in [1.82, 2.24) is 60.6 Å². The Bertz CT molecular complexity index is 2760. The fraction of sp³-hybridized carbons (Fsp3) is 0.0769. The SMILES string of the molecule is On1nnc2c(Cl)c(Cl)c(Cl)cc21.On1nnc2c(Cl)cc(Cl)c(Cl)c21.On1nnc2c(F)c(F)c(F)c(F)c21.On1nnc2ccc(C(F)C(F)(F)F)cc21. The van der Waals surface area contributed by atoms with E-state index in [4.69, 9.17) is 85.2 Å². The van der Waals surface area contributed by atoms with Gasteiger partial charge in [0.25, 0.3) is 0 Å². The first-order valence-electron chi connectivity index (χ1n) is 13.8. The van der Waals surface area contributed by atoms with Gasteiger partial charge >= 0.3 is 6.18 Å². The minimum atomic E-state index is -4.97. The predicted octanol–water partition coefficient (Wildman–Crippen LogP) is 8.72. The van der Waals surface area contributed by atoms with Crippen LogP contribution in [0, 0.1) is 23.3 Å². The van der Waals surface area contributed by atoms with Gasteiger partial charge < -0.3 is 20.8 Å². The number of benzene rings is 4. The fourth-order valence-electron chi connectivity index (χ4n) is 4.22. The van der Waals surface area contributed by atoms with Crippen LogP contribution in [0.2, 0.25) is 30.1 Å². The minimum Gasteiger partial charge on any atom is -0.410 e. The highest BCUT2D eigenvalue weighted by atomic mass is 35.5. The second-order valence-corrected chi connectivity index (χ2v) is 12.6. The highest BCUT2D eigenvalue weighted by molar-refractivity contribution is 6.50. The standard InChI is InChI=1S/C8H5F4N3O.2C6H2Cl3N3O.C6HF4N3O/c9-7(8(10,11)12)4-1-2-5-6(3-4)15(16)14-13-5;7-2-1-3-6(5(9)4(2)8)10-11-12(3)13;7-2-1-3(8)5-6(4(2)9)12(13)11-10-5;7-1-2(8)4(10)6-5(3(1)9)11-12-13(6)14/h1-3,7,16H;2*1,13H;14H. The van der Waals surface area contributed by atoms with Crippen molar-refractivity contribution in [1.29, 1.82) is 0 Å². The summed E-state index contributed by atoms with van der Waals surface area (Å²) in [5.74, 6) is -7.45. The van der Waals surface area contributed by atoms with Gasteiger partial charge in [-0.1, -0.05) is 95.1 Å². The molecule has 0 bridgehead atoms. The lowest BCUT2D eigenvalue weighted by Crippen LogP contribution is -2.16. The molecule has 4 aromatic carbocycles. The van der Waals surface area contributed by atoms with Gasteiger partial charge in [-0.3, -0.25) is 0 Å². The van der Waals surface area contributed by atoms with Crippen molar-refractivity contribution < 1.29 is 56.0 Å². The van der Waals surface area contributed by atoms with E-state index in [0.717, 1.165) is 18.2 Å². The summed E-state index contributed by atoms with van der Waals surface area (Å²) in [6.45, 7) is 0. The molecule has 8 rings (SSSR count). The Kier molecular flexibility index (Phi) is 12.1. The number of nitrogens with zero attached hydrogens (tertiary/aromatic N) is 12. The Morgan fingerprint density at radius 3 is 1.68 bits per heavy atom. The molecule has 0 aliphatic carbocycles. The van der Waals surface area contributed by atoms with Crippen LogP contribution in [0.3, 0.4) is 0 Å². The molecule has 0 spiro atoms. The van der Waals surface area contributed by atoms with Crippen molar-refractivity contribution in [3.63, 3.8) is 0 Å². The molecule has 4 heterocycles. The summed E-state index contributed by atoms with van der Waals surface area (Å²) < 4.78 is 100. The summed E-state index contributed by atoms with van der Waals surface area (Å²) in [6.07, 6.45) is -8.06.